The van der Waals surface area contributed by atoms with Crippen molar-refractivity contribution in [3.8, 4) is 17.1 Å². The molecule has 12 heavy (non-hydrogen) atoms. The molecule has 0 aliphatic rings. The molecule has 0 aromatic carbocycles. The summed E-state index contributed by atoms with van der Waals surface area (Å²) >= 11 is -3.81. The summed E-state index contributed by atoms with van der Waals surface area (Å²) < 4.78 is 5.82. The summed E-state index contributed by atoms with van der Waals surface area (Å²) in [4.78, 5) is 1.75. The average molecular weight is 344 g/mol. The molecule has 0 atom stereocenters. The van der Waals surface area contributed by atoms with Gasteiger partial charge in [-0.3, -0.25) is 0 Å². The van der Waals surface area contributed by atoms with E-state index >= 15 is 0 Å². The van der Waals surface area contributed by atoms with Crippen molar-refractivity contribution in [2.75, 3.05) is 0 Å². The standard InChI is InChI=1S/4CN.Au.HN3/c4*1-2;;1-3-2/h;;;;;1H. The molecular formula is C4HAuN7. The van der Waals surface area contributed by atoms with E-state index in [1.165, 1.54) is 17.1 Å². The summed E-state index contributed by atoms with van der Waals surface area (Å²) in [5, 5.41) is 32.5. The monoisotopic (exact) mass is 344 g/mol. The van der Waals surface area contributed by atoms with E-state index in [4.69, 9.17) is 32.1 Å². The fraction of sp³-hybridized carbons (Fsp3) is 0. The van der Waals surface area contributed by atoms with Crippen LogP contribution in [-0.4, -0.2) is 0 Å². The van der Waals surface area contributed by atoms with E-state index in [9.17, 15) is 0 Å². The Morgan fingerprint density at radius 1 is 1.00 bits per heavy atom. The third-order valence-corrected chi connectivity index (χ3v) is 3.31. The molecule has 0 aliphatic carbocycles. The van der Waals surface area contributed by atoms with Gasteiger partial charge in [0.1, 0.15) is 0 Å². The smallest absolute Gasteiger partial charge is 0.00208 e. The normalized spacial score (nSPS) is 7.67. The topological polar surface area (TPSA) is 155 Å². The minimum absolute atomic E-state index is 1.45. The van der Waals surface area contributed by atoms with Crippen LogP contribution in [0, 0.1) is 43.7 Å². The maximum absolute atomic E-state index is 8.14. The maximum atomic E-state index is 8.14. The van der Waals surface area contributed by atoms with E-state index in [0.29, 0.717) is 0 Å². The third-order valence-electron chi connectivity index (χ3n) is 0.405. The van der Waals surface area contributed by atoms with Crippen LogP contribution in [0.3, 0.4) is 0 Å². The van der Waals surface area contributed by atoms with Crippen LogP contribution in [0.15, 0.2) is 0 Å². The molecule has 0 bridgehead atoms. The van der Waals surface area contributed by atoms with Gasteiger partial charge in [-0.2, -0.15) is 0 Å². The third kappa shape index (κ3) is 3.93. The van der Waals surface area contributed by atoms with Crippen LogP contribution in [0.4, 0.5) is 0 Å². The first kappa shape index (κ1) is 12.7. The van der Waals surface area contributed by atoms with E-state index in [-0.39, 0.29) is 0 Å². The second-order valence-corrected chi connectivity index (χ2v) is 6.01. The first-order valence-electron chi connectivity index (χ1n) is 1.92. The van der Waals surface area contributed by atoms with E-state index < -0.39 is 17.1 Å². The van der Waals surface area contributed by atoms with Gasteiger partial charge in [-0.15, -0.1) is 5.53 Å². The molecule has 0 rings (SSSR count). The molecule has 0 amide bonds. The number of nitriles is 4. The Balaban J connectivity index is 0. The Hall–Kier alpha value is -1.99. The summed E-state index contributed by atoms with van der Waals surface area (Å²) in [5.74, 6) is 0. The second kappa shape index (κ2) is 7.12. The van der Waals surface area contributed by atoms with E-state index in [2.05, 4.69) is 0 Å². The quantitative estimate of drug-likeness (QED) is 0.300. The largest absolute Gasteiger partial charge is 0.108 e. The molecule has 0 saturated heterocycles. The van der Waals surface area contributed by atoms with Gasteiger partial charge in [0.2, 0.25) is 0 Å². The molecule has 0 aromatic heterocycles. The molecule has 63 valence electrons. The molecule has 0 spiro atoms. The molecule has 1 N–H and O–H groups in total. The zero-order valence-corrected chi connectivity index (χ0v) is 7.65. The molecule has 0 aliphatic heterocycles. The van der Waals surface area contributed by atoms with Crippen molar-refractivity contribution in [3.63, 3.8) is 0 Å². The van der Waals surface area contributed by atoms with Gasteiger partial charge in [0.05, 0.1) is 0 Å². The fourth-order valence-electron chi connectivity index (χ4n) is 0.0905. The predicted octanol–water partition coefficient (Wildman–Crippen LogP) is 0.940. The van der Waals surface area contributed by atoms with Crippen molar-refractivity contribution in [1.29, 1.82) is 26.6 Å². The zero-order chi connectivity index (χ0) is 10.0. The van der Waals surface area contributed by atoms with Crippen LogP contribution in [0.2, 0.25) is 0 Å². The summed E-state index contributed by atoms with van der Waals surface area (Å²) in [5.41, 5.74) is 12.2. The minimum Gasteiger partial charge on any atom is -0.108 e. The van der Waals surface area contributed by atoms with Crippen LogP contribution >= 0.6 is 0 Å². The summed E-state index contributed by atoms with van der Waals surface area (Å²) in [6.45, 7) is 0. The molecule has 7 nitrogen and oxygen atoms in total. The van der Waals surface area contributed by atoms with Crippen LogP contribution in [0.5, 0.6) is 0 Å². The van der Waals surface area contributed by atoms with E-state index in [1.54, 1.807) is 4.91 Å². The molecule has 0 unspecified atom stereocenters. The van der Waals surface area contributed by atoms with Gasteiger partial charge in [0.15, 0.2) is 0 Å². The summed E-state index contributed by atoms with van der Waals surface area (Å²) in [6.07, 6.45) is 0. The zero-order valence-electron chi connectivity index (χ0n) is 5.48. The van der Waals surface area contributed by atoms with Gasteiger partial charge >= 0.3 is 55.3 Å². The van der Waals surface area contributed by atoms with Gasteiger partial charge in [0.25, 0.3) is 0 Å². The fourth-order valence-corrected chi connectivity index (χ4v) is 0.740. The Kier molecular flexibility index (Phi) is 7.52. The first-order chi connectivity index (χ1) is 5.66. The summed E-state index contributed by atoms with van der Waals surface area (Å²) in [7, 11) is 0. The molecular weight excluding hydrogens is 343 g/mol. The average Bonchev–Trinajstić information content (AvgIpc) is 2.11. The minimum atomic E-state index is -3.81. The van der Waals surface area contributed by atoms with Crippen LogP contribution in [-0.2, 0) is 17.1 Å². The number of nitrogens with one attached hydrogen (secondary N) is 1. The van der Waals surface area contributed by atoms with Gasteiger partial charge in [-0.05, 0) is 10.4 Å². The van der Waals surface area contributed by atoms with Crippen LogP contribution in [0.25, 0.3) is 10.4 Å². The number of rotatable bonds is 0. The van der Waals surface area contributed by atoms with Crippen molar-refractivity contribution in [2.45, 2.75) is 0 Å². The van der Waals surface area contributed by atoms with Crippen molar-refractivity contribution in [2.24, 2.45) is 0 Å². The van der Waals surface area contributed by atoms with Crippen molar-refractivity contribution >= 4 is 0 Å². The SMILES string of the molecule is N#[C][Au]([C]#N)([C]#N)[C]#N.[N-]=[N+]=N. The second-order valence-electron chi connectivity index (χ2n) is 0.822. The van der Waals surface area contributed by atoms with Crippen molar-refractivity contribution in [1.82, 2.24) is 0 Å². The number of hydrogen-bond donors (Lipinski definition) is 1. The van der Waals surface area contributed by atoms with Crippen LogP contribution in [0.1, 0.15) is 0 Å². The molecule has 8 heteroatoms. The Bertz CT molecular complexity index is 276. The predicted molar refractivity (Wildman–Crippen MR) is 31.9 cm³/mol. The van der Waals surface area contributed by atoms with Gasteiger partial charge in [-0.1, -0.05) is 0 Å². The first-order valence-corrected chi connectivity index (χ1v) is 6.25. The molecule has 0 fully saturated rings. The molecule has 0 radical (unpaired) electrons. The number of hydrogen-bond acceptors (Lipinski definition) is 5. The Morgan fingerprint density at radius 3 is 1.17 bits per heavy atom. The van der Waals surface area contributed by atoms with Crippen LogP contribution < -0.4 is 0 Å². The Labute approximate surface area is 71.6 Å². The van der Waals surface area contributed by atoms with Crippen molar-refractivity contribution in [3.05, 3.63) is 10.4 Å². The maximum Gasteiger partial charge on any atom is -0.00208 e. The molecule has 0 saturated carbocycles. The Morgan fingerprint density at radius 2 is 1.17 bits per heavy atom. The summed E-state index contributed by atoms with van der Waals surface area (Å²) in [6, 6.07) is 0. The van der Waals surface area contributed by atoms with E-state index in [1.807, 2.05) is 0 Å². The van der Waals surface area contributed by atoms with Gasteiger partial charge in [-0.25, -0.2) is 0 Å². The molecule has 0 aromatic rings. The number of nitrogens with zero attached hydrogens (tertiary/aromatic N) is 6. The molecule has 0 heterocycles. The van der Waals surface area contributed by atoms with E-state index in [0.717, 1.165) is 0 Å². The van der Waals surface area contributed by atoms with Crippen molar-refractivity contribution < 1.29 is 17.1 Å². The van der Waals surface area contributed by atoms with Gasteiger partial charge < -0.3 is 0 Å². The van der Waals surface area contributed by atoms with Gasteiger partial charge in [0, 0.05) is 0 Å².